The van der Waals surface area contributed by atoms with Crippen LogP contribution < -0.4 is 10.4 Å². The molecule has 0 aliphatic carbocycles. The first-order valence-electron chi connectivity index (χ1n) is 6.15. The van der Waals surface area contributed by atoms with Crippen LogP contribution >= 0.6 is 27.3 Å². The van der Waals surface area contributed by atoms with Crippen molar-refractivity contribution < 1.29 is 23.1 Å². The van der Waals surface area contributed by atoms with Gasteiger partial charge < -0.3 is 15.2 Å². The summed E-state index contributed by atoms with van der Waals surface area (Å²) in [4.78, 5) is 11.7. The smallest absolute Gasteiger partial charge is 0.410 e. The largest absolute Gasteiger partial charge is 0.543 e. The number of fused-ring (bicyclic) bond motifs is 1. The Kier molecular flexibility index (Phi) is 3.68. The lowest BCUT2D eigenvalue weighted by Gasteiger charge is -2.33. The van der Waals surface area contributed by atoms with E-state index < -0.39 is 29.9 Å². The fraction of sp³-hybridized carbons (Fsp3) is 0.333. The summed E-state index contributed by atoms with van der Waals surface area (Å²) in [5.41, 5.74) is -0.552. The van der Waals surface area contributed by atoms with Gasteiger partial charge in [-0.1, -0.05) is 6.07 Å². The second-order valence-electron chi connectivity index (χ2n) is 4.75. The van der Waals surface area contributed by atoms with Crippen molar-refractivity contribution in [2.75, 3.05) is 5.32 Å². The topological polar surface area (TPSA) is 70.0 Å². The molecule has 22 heavy (non-hydrogen) atoms. The number of carbonyl (C=O) groups excluding carboxylic acids is 1. The highest BCUT2D eigenvalue weighted by Gasteiger charge is 2.47. The molecular weight excluding hydrogens is 387 g/mol. The zero-order chi connectivity index (χ0) is 16.1. The summed E-state index contributed by atoms with van der Waals surface area (Å²) in [6.07, 6.45) is -4.81. The van der Waals surface area contributed by atoms with Gasteiger partial charge in [-0.25, -0.2) is 4.68 Å². The quantitative estimate of drug-likeness (QED) is 0.849. The van der Waals surface area contributed by atoms with Crippen LogP contribution in [0.4, 0.5) is 19.0 Å². The molecule has 0 radical (unpaired) electrons. The van der Waals surface area contributed by atoms with Crippen LogP contribution in [-0.4, -0.2) is 21.9 Å². The second kappa shape index (κ2) is 5.27. The summed E-state index contributed by atoms with van der Waals surface area (Å²) < 4.78 is 40.6. The molecule has 0 saturated heterocycles. The van der Waals surface area contributed by atoms with Crippen LogP contribution in [0.5, 0.6) is 0 Å². The number of carboxylic acid groups (broad SMARTS) is 1. The predicted octanol–water partition coefficient (Wildman–Crippen LogP) is 2.73. The van der Waals surface area contributed by atoms with Gasteiger partial charge >= 0.3 is 6.18 Å². The van der Waals surface area contributed by atoms with Crippen LogP contribution in [-0.2, 0) is 0 Å². The minimum Gasteiger partial charge on any atom is -0.543 e. The molecule has 0 bridgehead atoms. The molecule has 0 spiro atoms. The van der Waals surface area contributed by atoms with E-state index in [-0.39, 0.29) is 16.7 Å². The maximum Gasteiger partial charge on any atom is 0.410 e. The molecule has 1 N–H and O–H groups in total. The lowest BCUT2D eigenvalue weighted by atomic mass is 10.0. The maximum atomic E-state index is 13.3. The molecule has 2 aromatic rings. The van der Waals surface area contributed by atoms with Gasteiger partial charge in [0, 0.05) is 11.3 Å². The van der Waals surface area contributed by atoms with E-state index >= 15 is 0 Å². The number of anilines is 1. The lowest BCUT2D eigenvalue weighted by Crippen LogP contribution is -2.35. The summed E-state index contributed by atoms with van der Waals surface area (Å²) >= 11 is 4.32. The molecule has 0 amide bonds. The number of aromatic nitrogens is 2. The van der Waals surface area contributed by atoms with E-state index in [9.17, 15) is 23.1 Å². The number of nitrogens with zero attached hydrogens (tertiary/aromatic N) is 2. The minimum absolute atomic E-state index is 0.00817. The predicted molar refractivity (Wildman–Crippen MR) is 74.6 cm³/mol. The van der Waals surface area contributed by atoms with Crippen LogP contribution in [0.25, 0.3) is 0 Å². The number of aromatic carboxylic acids is 1. The van der Waals surface area contributed by atoms with Crippen molar-refractivity contribution in [2.45, 2.75) is 24.7 Å². The third-order valence-electron chi connectivity index (χ3n) is 3.38. The van der Waals surface area contributed by atoms with E-state index in [1.165, 1.54) is 11.3 Å². The standard InChI is InChI=1S/C12H9BrF3N3O2S/c13-8-9(11(20)21)18-19-7(12(14,15)16)4-5(17-10(8)19)6-2-1-3-22-6/h1-3,5,7,17H,4H2,(H,20,21)/p-1. The van der Waals surface area contributed by atoms with Crippen molar-refractivity contribution in [3.8, 4) is 0 Å². The zero-order valence-corrected chi connectivity index (χ0v) is 13.1. The van der Waals surface area contributed by atoms with Crippen LogP contribution in [0.3, 0.4) is 0 Å². The summed E-state index contributed by atoms with van der Waals surface area (Å²) in [6.45, 7) is 0. The Morgan fingerprint density at radius 3 is 2.82 bits per heavy atom. The summed E-state index contributed by atoms with van der Waals surface area (Å²) in [6, 6.07) is 1.01. The third-order valence-corrected chi connectivity index (χ3v) is 5.11. The van der Waals surface area contributed by atoms with E-state index in [2.05, 4.69) is 26.3 Å². The average molecular weight is 395 g/mol. The van der Waals surface area contributed by atoms with Crippen molar-refractivity contribution in [3.63, 3.8) is 0 Å². The molecule has 0 aromatic carbocycles. The highest BCUT2D eigenvalue weighted by atomic mass is 79.9. The SMILES string of the molecule is O=C([O-])c1nn2c(c1Br)NC(c1cccs1)CC2C(F)(F)F. The Bertz CT molecular complexity index is 714. The molecule has 118 valence electrons. The van der Waals surface area contributed by atoms with Gasteiger partial charge in [0.1, 0.15) is 11.5 Å². The molecule has 3 heterocycles. The van der Waals surface area contributed by atoms with Gasteiger partial charge in [-0.15, -0.1) is 11.3 Å². The molecule has 2 unspecified atom stereocenters. The number of thiophene rings is 1. The number of carboxylic acids is 1. The minimum atomic E-state index is -4.54. The second-order valence-corrected chi connectivity index (χ2v) is 6.52. The van der Waals surface area contributed by atoms with E-state index in [1.54, 1.807) is 17.5 Å². The number of halogens is 4. The summed E-state index contributed by atoms with van der Waals surface area (Å²) in [5.74, 6) is -1.64. The van der Waals surface area contributed by atoms with Gasteiger partial charge in [-0.05, 0) is 27.4 Å². The Morgan fingerprint density at radius 2 is 2.27 bits per heavy atom. The third kappa shape index (κ3) is 2.50. The first-order valence-corrected chi connectivity index (χ1v) is 7.82. The van der Waals surface area contributed by atoms with Crippen molar-refractivity contribution in [2.24, 2.45) is 0 Å². The van der Waals surface area contributed by atoms with Gasteiger partial charge in [0.25, 0.3) is 0 Å². The molecule has 5 nitrogen and oxygen atoms in total. The van der Waals surface area contributed by atoms with Crippen molar-refractivity contribution in [3.05, 3.63) is 32.6 Å². The molecule has 2 aromatic heterocycles. The van der Waals surface area contributed by atoms with Gasteiger partial charge in [0.05, 0.1) is 16.5 Å². The normalized spacial score (nSPS) is 21.3. The summed E-state index contributed by atoms with van der Waals surface area (Å²) in [7, 11) is 0. The Balaban J connectivity index is 2.10. The van der Waals surface area contributed by atoms with Crippen molar-refractivity contribution in [1.29, 1.82) is 0 Å². The van der Waals surface area contributed by atoms with Gasteiger partial charge in [-0.2, -0.15) is 18.3 Å². The molecule has 2 atom stereocenters. The molecule has 3 rings (SSSR count). The Hall–Kier alpha value is -1.55. The Labute approximate surface area is 134 Å². The van der Waals surface area contributed by atoms with Crippen LogP contribution in [0, 0.1) is 0 Å². The molecule has 0 saturated carbocycles. The van der Waals surface area contributed by atoms with E-state index in [0.29, 0.717) is 4.68 Å². The van der Waals surface area contributed by atoms with Gasteiger partial charge in [0.15, 0.2) is 6.04 Å². The van der Waals surface area contributed by atoms with Crippen LogP contribution in [0.15, 0.2) is 22.0 Å². The fourth-order valence-electron chi connectivity index (χ4n) is 2.40. The number of rotatable bonds is 2. The van der Waals surface area contributed by atoms with Crippen molar-refractivity contribution in [1.82, 2.24) is 9.78 Å². The number of hydrogen-bond donors (Lipinski definition) is 1. The van der Waals surface area contributed by atoms with E-state index in [0.717, 1.165) is 4.88 Å². The summed E-state index contributed by atoms with van der Waals surface area (Å²) in [5, 5.41) is 19.2. The maximum absolute atomic E-state index is 13.3. The molecule has 10 heteroatoms. The van der Waals surface area contributed by atoms with Gasteiger partial charge in [-0.3, -0.25) is 0 Å². The molecule has 0 fully saturated rings. The number of nitrogens with one attached hydrogen (secondary N) is 1. The van der Waals surface area contributed by atoms with Gasteiger partial charge in [0.2, 0.25) is 0 Å². The van der Waals surface area contributed by atoms with Crippen molar-refractivity contribution >= 4 is 39.1 Å². The monoisotopic (exact) mass is 394 g/mol. The zero-order valence-electron chi connectivity index (χ0n) is 10.7. The number of alkyl halides is 3. The van der Waals surface area contributed by atoms with Crippen LogP contribution in [0.2, 0.25) is 0 Å². The van der Waals surface area contributed by atoms with E-state index in [4.69, 9.17) is 0 Å². The average Bonchev–Trinajstić information content (AvgIpc) is 3.05. The highest BCUT2D eigenvalue weighted by Crippen LogP contribution is 2.46. The molecule has 1 aliphatic heterocycles. The van der Waals surface area contributed by atoms with Crippen LogP contribution in [0.1, 0.15) is 33.9 Å². The Morgan fingerprint density at radius 1 is 1.55 bits per heavy atom. The number of hydrogen-bond acceptors (Lipinski definition) is 5. The highest BCUT2D eigenvalue weighted by molar-refractivity contribution is 9.10. The molecule has 1 aliphatic rings. The first kappa shape index (κ1) is 15.3. The lowest BCUT2D eigenvalue weighted by molar-refractivity contribution is -0.255. The van der Waals surface area contributed by atoms with E-state index in [1.807, 2.05) is 0 Å². The first-order chi connectivity index (χ1) is 10.3. The fourth-order valence-corrected chi connectivity index (χ4v) is 3.72. The number of carbonyl (C=O) groups is 1. The molecular formula is C12H8BrF3N3O2S-.